The second kappa shape index (κ2) is 8.14. The number of sulfonamides is 1. The fraction of sp³-hybridized carbons (Fsp3) is 0.381. The lowest BCUT2D eigenvalue weighted by molar-refractivity contribution is 0.0996. The average Bonchev–Trinajstić information content (AvgIpc) is 2.68. The van der Waals surface area contributed by atoms with Crippen LogP contribution in [0.25, 0.3) is 11.1 Å². The van der Waals surface area contributed by atoms with Crippen molar-refractivity contribution in [3.05, 3.63) is 59.7 Å². The third-order valence-corrected chi connectivity index (χ3v) is 7.04. The summed E-state index contributed by atoms with van der Waals surface area (Å²) in [5.74, 6) is -0.195. The van der Waals surface area contributed by atoms with Crippen molar-refractivity contribution < 1.29 is 13.2 Å². The monoisotopic (exact) mass is 371 g/mol. The van der Waals surface area contributed by atoms with Gasteiger partial charge in [-0.25, -0.2) is 13.1 Å². The van der Waals surface area contributed by atoms with Crippen molar-refractivity contribution in [3.8, 4) is 11.1 Å². The largest absolute Gasteiger partial charge is 0.293 e. The first-order valence-corrected chi connectivity index (χ1v) is 10.7. The van der Waals surface area contributed by atoms with E-state index in [1.807, 2.05) is 49.4 Å². The van der Waals surface area contributed by atoms with Crippen molar-refractivity contribution in [1.29, 1.82) is 0 Å². The van der Waals surface area contributed by atoms with Gasteiger partial charge < -0.3 is 0 Å². The maximum absolute atomic E-state index is 12.7. The number of Topliss-reactive ketones (excluding diaryl/α,β-unsaturated/α-hetero) is 1. The van der Waals surface area contributed by atoms with E-state index in [1.54, 1.807) is 6.07 Å². The molecule has 2 aromatic rings. The van der Waals surface area contributed by atoms with E-state index in [1.165, 1.54) is 0 Å². The molecule has 3 rings (SSSR count). The molecular weight excluding hydrogens is 346 g/mol. The van der Waals surface area contributed by atoms with Gasteiger partial charge in [0, 0.05) is 5.56 Å². The molecule has 1 aliphatic rings. The zero-order chi connectivity index (χ0) is 18.6. The molecule has 0 aliphatic heterocycles. The summed E-state index contributed by atoms with van der Waals surface area (Å²) >= 11 is 0. The van der Waals surface area contributed by atoms with Gasteiger partial charge in [-0.15, -0.1) is 0 Å². The summed E-state index contributed by atoms with van der Waals surface area (Å²) in [4.78, 5) is 12.7. The van der Waals surface area contributed by atoms with E-state index >= 15 is 0 Å². The Bertz CT molecular complexity index is 869. The van der Waals surface area contributed by atoms with Crippen molar-refractivity contribution in [1.82, 2.24) is 4.72 Å². The van der Waals surface area contributed by atoms with E-state index in [0.717, 1.165) is 36.0 Å². The number of hydrogen-bond donors (Lipinski definition) is 1. The summed E-state index contributed by atoms with van der Waals surface area (Å²) in [5.41, 5.74) is 3.48. The van der Waals surface area contributed by atoms with Gasteiger partial charge in [0.05, 0.1) is 11.8 Å². The highest BCUT2D eigenvalue weighted by molar-refractivity contribution is 7.90. The van der Waals surface area contributed by atoms with Crippen LogP contribution in [0.1, 0.15) is 48.0 Å². The Hall–Kier alpha value is -1.98. The van der Waals surface area contributed by atoms with Crippen LogP contribution < -0.4 is 4.72 Å². The molecule has 138 valence electrons. The summed E-state index contributed by atoms with van der Waals surface area (Å²) in [6.07, 6.45) is 4.35. The van der Waals surface area contributed by atoms with Crippen LogP contribution in [0.5, 0.6) is 0 Å². The van der Waals surface area contributed by atoms with Crippen LogP contribution in [0, 0.1) is 6.92 Å². The molecule has 2 aromatic carbocycles. The van der Waals surface area contributed by atoms with Gasteiger partial charge in [-0.1, -0.05) is 67.8 Å². The smallest absolute Gasteiger partial charge is 0.214 e. The fourth-order valence-electron chi connectivity index (χ4n) is 3.62. The maximum atomic E-state index is 12.7. The average molecular weight is 372 g/mol. The van der Waals surface area contributed by atoms with Gasteiger partial charge in [-0.3, -0.25) is 4.79 Å². The van der Waals surface area contributed by atoms with Gasteiger partial charge in [0.1, 0.15) is 0 Å². The summed E-state index contributed by atoms with van der Waals surface area (Å²) in [5, 5.41) is -0.360. The van der Waals surface area contributed by atoms with Crippen molar-refractivity contribution in [3.63, 3.8) is 0 Å². The number of nitrogens with one attached hydrogen (secondary N) is 1. The first-order chi connectivity index (χ1) is 12.5. The van der Waals surface area contributed by atoms with Crippen LogP contribution in [0.4, 0.5) is 0 Å². The minimum absolute atomic E-state index is 0.183. The van der Waals surface area contributed by atoms with Crippen LogP contribution in [0.15, 0.2) is 48.5 Å². The van der Waals surface area contributed by atoms with Crippen molar-refractivity contribution >= 4 is 15.8 Å². The topological polar surface area (TPSA) is 63.2 Å². The molecule has 1 aliphatic carbocycles. The van der Waals surface area contributed by atoms with Gasteiger partial charge in [0.15, 0.2) is 5.78 Å². The van der Waals surface area contributed by atoms with Gasteiger partial charge in [0.25, 0.3) is 0 Å². The Labute approximate surface area is 155 Å². The molecule has 1 fully saturated rings. The molecule has 1 N–H and O–H groups in total. The summed E-state index contributed by atoms with van der Waals surface area (Å²) in [7, 11) is -3.43. The lowest BCUT2D eigenvalue weighted by Crippen LogP contribution is -2.38. The number of carbonyl (C=O) groups is 1. The molecule has 5 heteroatoms. The third-order valence-electron chi connectivity index (χ3n) is 5.14. The second-order valence-corrected chi connectivity index (χ2v) is 8.94. The Balaban J connectivity index is 1.74. The van der Waals surface area contributed by atoms with E-state index < -0.39 is 10.0 Å². The predicted molar refractivity (Wildman–Crippen MR) is 105 cm³/mol. The highest BCUT2D eigenvalue weighted by Crippen LogP contribution is 2.26. The number of hydrogen-bond acceptors (Lipinski definition) is 3. The van der Waals surface area contributed by atoms with Crippen LogP contribution in [-0.2, 0) is 10.0 Å². The number of carbonyl (C=O) groups excluding carboxylic acids is 1. The maximum Gasteiger partial charge on any atom is 0.214 e. The molecule has 0 radical (unpaired) electrons. The van der Waals surface area contributed by atoms with E-state index in [4.69, 9.17) is 0 Å². The quantitative estimate of drug-likeness (QED) is 0.778. The van der Waals surface area contributed by atoms with Crippen LogP contribution in [-0.4, -0.2) is 26.0 Å². The summed E-state index contributed by atoms with van der Waals surface area (Å²) < 4.78 is 27.4. The van der Waals surface area contributed by atoms with Crippen molar-refractivity contribution in [2.24, 2.45) is 0 Å². The molecular formula is C21H25NO3S. The lowest BCUT2D eigenvalue weighted by Gasteiger charge is -2.22. The number of benzene rings is 2. The predicted octanol–water partition coefficient (Wildman–Crippen LogP) is 4.10. The zero-order valence-electron chi connectivity index (χ0n) is 15.1. The van der Waals surface area contributed by atoms with E-state index in [0.29, 0.717) is 18.4 Å². The van der Waals surface area contributed by atoms with Crippen LogP contribution >= 0.6 is 0 Å². The Morgan fingerprint density at radius 1 is 1.00 bits per heavy atom. The molecule has 0 spiro atoms. The molecule has 1 saturated carbocycles. The van der Waals surface area contributed by atoms with Gasteiger partial charge in [-0.2, -0.15) is 0 Å². The van der Waals surface area contributed by atoms with Gasteiger partial charge in [0.2, 0.25) is 10.0 Å². The Morgan fingerprint density at radius 2 is 1.69 bits per heavy atom. The SMILES string of the molecule is Cc1c(C(=O)CNS(=O)(=O)C2CCCCC2)cccc1-c1ccccc1. The van der Waals surface area contributed by atoms with Crippen molar-refractivity contribution in [2.75, 3.05) is 6.54 Å². The molecule has 0 heterocycles. The van der Waals surface area contributed by atoms with E-state index in [9.17, 15) is 13.2 Å². The molecule has 0 unspecified atom stereocenters. The molecule has 0 amide bonds. The van der Waals surface area contributed by atoms with Crippen LogP contribution in [0.2, 0.25) is 0 Å². The van der Waals surface area contributed by atoms with Gasteiger partial charge in [-0.05, 0) is 36.5 Å². The summed E-state index contributed by atoms with van der Waals surface area (Å²) in [6, 6.07) is 15.5. The highest BCUT2D eigenvalue weighted by atomic mass is 32.2. The zero-order valence-corrected chi connectivity index (χ0v) is 15.9. The van der Waals surface area contributed by atoms with Crippen molar-refractivity contribution in [2.45, 2.75) is 44.3 Å². The molecule has 0 atom stereocenters. The Morgan fingerprint density at radius 3 is 2.38 bits per heavy atom. The molecule has 26 heavy (non-hydrogen) atoms. The first kappa shape index (κ1) is 18.8. The van der Waals surface area contributed by atoms with Gasteiger partial charge >= 0.3 is 0 Å². The first-order valence-electron chi connectivity index (χ1n) is 9.16. The fourth-order valence-corrected chi connectivity index (χ4v) is 5.14. The minimum atomic E-state index is -3.43. The lowest BCUT2D eigenvalue weighted by atomic mass is 9.94. The normalized spacial score (nSPS) is 15.7. The molecule has 0 bridgehead atoms. The van der Waals surface area contributed by atoms with Crippen LogP contribution in [0.3, 0.4) is 0 Å². The highest BCUT2D eigenvalue weighted by Gasteiger charge is 2.27. The molecule has 0 aromatic heterocycles. The minimum Gasteiger partial charge on any atom is -0.293 e. The second-order valence-electron chi connectivity index (χ2n) is 6.89. The standard InChI is InChI=1S/C21H25NO3S/c1-16-19(17-9-4-2-5-10-17)13-8-14-20(16)21(23)15-22-26(24,25)18-11-6-3-7-12-18/h2,4-5,8-10,13-14,18,22H,3,6-7,11-12,15H2,1H3. The number of rotatable bonds is 6. The summed E-state index contributed by atoms with van der Waals surface area (Å²) in [6.45, 7) is 1.73. The Kier molecular flexibility index (Phi) is 5.89. The molecule has 0 saturated heterocycles. The number of ketones is 1. The van der Waals surface area contributed by atoms with E-state index in [-0.39, 0.29) is 17.6 Å². The third kappa shape index (κ3) is 4.22. The van der Waals surface area contributed by atoms with E-state index in [2.05, 4.69) is 4.72 Å². The molecule has 4 nitrogen and oxygen atoms in total.